The molecule has 230 valence electrons. The molecule has 1 atom stereocenters. The second-order valence-corrected chi connectivity index (χ2v) is 13.9. The van der Waals surface area contributed by atoms with E-state index in [-0.39, 0.29) is 25.7 Å². The van der Waals surface area contributed by atoms with Crippen molar-refractivity contribution >= 4 is 15.9 Å². The summed E-state index contributed by atoms with van der Waals surface area (Å²) in [4.78, 5) is 20.3. The van der Waals surface area contributed by atoms with Crippen LogP contribution in [-0.4, -0.2) is 112 Å². The number of likely N-dealkylation sites (tertiary alicyclic amines) is 1. The highest BCUT2D eigenvalue weighted by Gasteiger charge is 2.38. The zero-order valence-corrected chi connectivity index (χ0v) is 26.6. The molecule has 0 saturated carbocycles. The summed E-state index contributed by atoms with van der Waals surface area (Å²) in [5.74, 6) is 0.661. The summed E-state index contributed by atoms with van der Waals surface area (Å²) in [7, 11) is -0.0928. The van der Waals surface area contributed by atoms with Gasteiger partial charge in [-0.2, -0.15) is 4.31 Å². The number of hydrogen-bond acceptors (Lipinski definition) is 7. The molecule has 10 heteroatoms. The fourth-order valence-electron chi connectivity index (χ4n) is 6.78. The molecule has 3 aliphatic rings. The number of likely N-dealkylation sites (N-methyl/N-ethyl adjacent to an activating group) is 1. The third-order valence-corrected chi connectivity index (χ3v) is 11.7. The van der Waals surface area contributed by atoms with E-state index < -0.39 is 16.1 Å². The van der Waals surface area contributed by atoms with Crippen LogP contribution >= 0.6 is 0 Å². The number of piperazine rings is 1. The Bertz CT molecular complexity index is 1380. The van der Waals surface area contributed by atoms with Crippen molar-refractivity contribution in [2.45, 2.75) is 63.6 Å². The van der Waals surface area contributed by atoms with Crippen molar-refractivity contribution in [1.82, 2.24) is 19.0 Å². The lowest BCUT2D eigenvalue weighted by Crippen LogP contribution is -2.53. The Morgan fingerprint density at radius 2 is 1.62 bits per heavy atom. The van der Waals surface area contributed by atoms with E-state index in [0.717, 1.165) is 68.8 Å². The van der Waals surface area contributed by atoms with Crippen LogP contribution in [0.15, 0.2) is 35.2 Å². The molecule has 1 unspecified atom stereocenters. The number of nitrogens with zero attached hydrogens (tertiary/aromatic N) is 4. The van der Waals surface area contributed by atoms with E-state index in [0.29, 0.717) is 34.2 Å². The van der Waals surface area contributed by atoms with Gasteiger partial charge in [0.1, 0.15) is 12.4 Å². The van der Waals surface area contributed by atoms with E-state index in [2.05, 4.69) is 22.9 Å². The highest BCUT2D eigenvalue weighted by Crippen LogP contribution is 2.36. The fourth-order valence-corrected chi connectivity index (χ4v) is 8.85. The van der Waals surface area contributed by atoms with E-state index >= 15 is 0 Å². The maximum absolute atomic E-state index is 14.3. The molecule has 1 amide bonds. The van der Waals surface area contributed by atoms with Gasteiger partial charge in [-0.3, -0.25) is 9.69 Å². The van der Waals surface area contributed by atoms with Gasteiger partial charge in [-0.1, -0.05) is 24.3 Å². The quantitative estimate of drug-likeness (QED) is 0.462. The number of rotatable bonds is 8. The van der Waals surface area contributed by atoms with Crippen LogP contribution in [-0.2, 0) is 32.5 Å². The van der Waals surface area contributed by atoms with Crippen molar-refractivity contribution in [2.75, 3.05) is 66.6 Å². The van der Waals surface area contributed by atoms with Gasteiger partial charge in [0.25, 0.3) is 0 Å². The fraction of sp³-hybridized carbons (Fsp3) is 0.594. The van der Waals surface area contributed by atoms with Gasteiger partial charge >= 0.3 is 0 Å². The van der Waals surface area contributed by atoms with Crippen LogP contribution in [0.2, 0.25) is 0 Å². The van der Waals surface area contributed by atoms with Gasteiger partial charge in [-0.25, -0.2) is 8.42 Å². The molecule has 2 aromatic rings. The summed E-state index contributed by atoms with van der Waals surface area (Å²) >= 11 is 0. The Hall–Kier alpha value is -2.50. The number of carbonyl (C=O) groups excluding carboxylic acids is 1. The average molecular weight is 599 g/mol. The van der Waals surface area contributed by atoms with Crippen LogP contribution in [0, 0.1) is 20.8 Å². The predicted molar refractivity (Wildman–Crippen MR) is 163 cm³/mol. The van der Waals surface area contributed by atoms with Crippen LogP contribution in [0.3, 0.4) is 0 Å². The van der Waals surface area contributed by atoms with Crippen molar-refractivity contribution in [3.8, 4) is 5.75 Å². The van der Waals surface area contributed by atoms with E-state index in [1.165, 1.54) is 0 Å². The zero-order chi connectivity index (χ0) is 30.0. The molecule has 0 N–H and O–H groups in total. The molecule has 0 radical (unpaired) electrons. The van der Waals surface area contributed by atoms with Crippen molar-refractivity contribution in [3.05, 3.63) is 58.1 Å². The van der Waals surface area contributed by atoms with Gasteiger partial charge in [0.15, 0.2) is 0 Å². The molecule has 2 fully saturated rings. The number of fused-ring (bicyclic) bond motifs is 1. The summed E-state index contributed by atoms with van der Waals surface area (Å²) in [6, 6.07) is 9.89. The van der Waals surface area contributed by atoms with Crippen LogP contribution in [0.5, 0.6) is 5.75 Å². The number of sulfonamides is 1. The molecular weight excluding hydrogens is 552 g/mol. The highest BCUT2D eigenvalue weighted by atomic mass is 32.2. The maximum atomic E-state index is 14.3. The number of carbonyl (C=O) groups is 1. The topological polar surface area (TPSA) is 82.6 Å². The molecule has 3 aliphatic heterocycles. The Labute approximate surface area is 251 Å². The van der Waals surface area contributed by atoms with Crippen LogP contribution < -0.4 is 4.74 Å². The first-order valence-electron chi connectivity index (χ1n) is 15.1. The molecule has 42 heavy (non-hydrogen) atoms. The Kier molecular flexibility index (Phi) is 9.59. The molecule has 5 rings (SSSR count). The first kappa shape index (κ1) is 30.9. The van der Waals surface area contributed by atoms with Gasteiger partial charge in [0.05, 0.1) is 24.7 Å². The lowest BCUT2D eigenvalue weighted by atomic mass is 9.96. The molecule has 0 bridgehead atoms. The van der Waals surface area contributed by atoms with E-state index in [4.69, 9.17) is 9.47 Å². The van der Waals surface area contributed by atoms with Crippen molar-refractivity contribution in [2.24, 2.45) is 0 Å². The molecule has 3 heterocycles. The highest BCUT2D eigenvalue weighted by molar-refractivity contribution is 7.89. The molecule has 2 aromatic carbocycles. The summed E-state index contributed by atoms with van der Waals surface area (Å²) in [5.41, 5.74) is 4.28. The van der Waals surface area contributed by atoms with Crippen molar-refractivity contribution < 1.29 is 22.7 Å². The van der Waals surface area contributed by atoms with Gasteiger partial charge < -0.3 is 19.3 Å². The maximum Gasteiger partial charge on any atom is 0.248 e. The van der Waals surface area contributed by atoms with E-state index in [1.54, 1.807) is 17.5 Å². The third kappa shape index (κ3) is 6.38. The van der Waals surface area contributed by atoms with Crippen LogP contribution in [0.4, 0.5) is 0 Å². The van der Waals surface area contributed by atoms with Crippen LogP contribution in [0.1, 0.15) is 40.7 Å². The van der Waals surface area contributed by atoms with Gasteiger partial charge in [0, 0.05) is 51.9 Å². The largest absolute Gasteiger partial charge is 0.496 e. The van der Waals surface area contributed by atoms with Crippen molar-refractivity contribution in [1.29, 1.82) is 0 Å². The molecular formula is C32H46N4O5S. The van der Waals surface area contributed by atoms with Crippen molar-refractivity contribution in [3.63, 3.8) is 0 Å². The predicted octanol–water partition coefficient (Wildman–Crippen LogP) is 2.99. The minimum atomic E-state index is -3.86. The lowest BCUT2D eigenvalue weighted by Gasteiger charge is -2.42. The summed E-state index contributed by atoms with van der Waals surface area (Å²) < 4.78 is 41.6. The first-order valence-corrected chi connectivity index (χ1v) is 16.6. The second kappa shape index (κ2) is 13.0. The molecule has 9 nitrogen and oxygen atoms in total. The minimum absolute atomic E-state index is 0.0186. The number of benzene rings is 2. The van der Waals surface area contributed by atoms with E-state index in [1.807, 2.05) is 43.9 Å². The summed E-state index contributed by atoms with van der Waals surface area (Å²) in [6.07, 6.45) is 2.51. The number of methoxy groups -OCH3 is 1. The number of amides is 1. The van der Waals surface area contributed by atoms with Gasteiger partial charge in [-0.05, 0) is 81.0 Å². The van der Waals surface area contributed by atoms with Gasteiger partial charge in [-0.15, -0.1) is 0 Å². The second-order valence-electron chi connectivity index (χ2n) is 12.1. The first-order chi connectivity index (χ1) is 20.1. The number of hydrogen-bond donors (Lipinski definition) is 0. The summed E-state index contributed by atoms with van der Waals surface area (Å²) in [5, 5.41) is 0. The Balaban J connectivity index is 1.25. The smallest absolute Gasteiger partial charge is 0.248 e. The average Bonchev–Trinajstić information content (AvgIpc) is 2.99. The third-order valence-electron chi connectivity index (χ3n) is 9.48. The van der Waals surface area contributed by atoms with E-state index in [9.17, 15) is 13.2 Å². The lowest BCUT2D eigenvalue weighted by molar-refractivity contribution is -0.138. The standard InChI is InChI=1S/C32H46N4O5S/c1-23-18-30(40-5)24(2)25(3)32(23)42(38,39)36-20-27-9-7-6-8-26(27)19-29(36)21-41-22-31(37)35-12-10-28(11-13-35)34-16-14-33(4)15-17-34/h6-9,18,28-29H,10-17,19-22H2,1-5H3. The number of ether oxygens (including phenoxy) is 2. The number of piperidine rings is 1. The summed E-state index contributed by atoms with van der Waals surface area (Å²) in [6.45, 7) is 11.8. The molecule has 2 saturated heterocycles. The molecule has 0 aromatic heterocycles. The van der Waals surface area contributed by atoms with Gasteiger partial charge in [0.2, 0.25) is 15.9 Å². The Morgan fingerprint density at radius 3 is 2.29 bits per heavy atom. The zero-order valence-electron chi connectivity index (χ0n) is 25.8. The molecule has 0 aliphatic carbocycles. The number of aryl methyl sites for hydroxylation is 1. The minimum Gasteiger partial charge on any atom is -0.496 e. The molecule has 0 spiro atoms. The monoisotopic (exact) mass is 598 g/mol. The Morgan fingerprint density at radius 1 is 0.952 bits per heavy atom. The SMILES string of the molecule is COc1cc(C)c(S(=O)(=O)N2Cc3ccccc3CC2COCC(=O)N2CCC(N3CCN(C)CC3)CC2)c(C)c1C. The normalized spacial score (nSPS) is 21.4. The van der Waals surface area contributed by atoms with Crippen LogP contribution in [0.25, 0.3) is 0 Å².